The van der Waals surface area contributed by atoms with Gasteiger partial charge in [0.2, 0.25) is 0 Å². The van der Waals surface area contributed by atoms with Crippen molar-refractivity contribution < 1.29 is 24.5 Å². The molecule has 33 heavy (non-hydrogen) atoms. The predicted molar refractivity (Wildman–Crippen MR) is 128 cm³/mol. The standard InChI is InChI=1S/C26H40N2O5/c1-16(2)12-22(26(32)33-19-9-5-6-10-19)27-18-8-7-11-28(15-18)25(31)21-13-20(17(3)4)23(29)14-24(21)30/h13-14,16-19,22,27,29-30H,5-12,15H2,1-4H3/t18?,22-/m0/s1. The molecule has 1 amide bonds. The van der Waals surface area contributed by atoms with Gasteiger partial charge in [0.25, 0.3) is 5.91 Å². The Labute approximate surface area is 197 Å². The molecule has 0 radical (unpaired) electrons. The normalized spacial score (nSPS) is 20.4. The Kier molecular flexibility index (Phi) is 8.63. The molecule has 184 valence electrons. The van der Waals surface area contributed by atoms with E-state index < -0.39 is 0 Å². The van der Waals surface area contributed by atoms with Gasteiger partial charge in [-0.3, -0.25) is 14.9 Å². The van der Waals surface area contributed by atoms with Crippen LogP contribution in [0.5, 0.6) is 11.5 Å². The quantitative estimate of drug-likeness (QED) is 0.500. The summed E-state index contributed by atoms with van der Waals surface area (Å²) in [5, 5.41) is 23.9. The van der Waals surface area contributed by atoms with Crippen LogP contribution in [0.2, 0.25) is 0 Å². The molecule has 7 heteroatoms. The molecule has 1 saturated carbocycles. The molecule has 1 heterocycles. The minimum absolute atomic E-state index is 0.00506. The van der Waals surface area contributed by atoms with E-state index in [0.29, 0.717) is 31.0 Å². The average molecular weight is 461 g/mol. The molecule has 0 spiro atoms. The van der Waals surface area contributed by atoms with Crippen LogP contribution in [0.3, 0.4) is 0 Å². The van der Waals surface area contributed by atoms with Crippen LogP contribution in [-0.2, 0) is 9.53 Å². The first-order valence-electron chi connectivity index (χ1n) is 12.5. The highest BCUT2D eigenvalue weighted by atomic mass is 16.5. The highest BCUT2D eigenvalue weighted by Gasteiger charge is 2.32. The number of nitrogens with zero attached hydrogens (tertiary/aromatic N) is 1. The maximum Gasteiger partial charge on any atom is 0.323 e. The van der Waals surface area contributed by atoms with Crippen LogP contribution in [0.25, 0.3) is 0 Å². The number of hydrogen-bond acceptors (Lipinski definition) is 6. The molecule has 2 fully saturated rings. The minimum atomic E-state index is -0.389. The number of rotatable bonds is 8. The molecule has 0 aromatic heterocycles. The van der Waals surface area contributed by atoms with Crippen molar-refractivity contribution >= 4 is 11.9 Å². The molecule has 1 aromatic rings. The number of phenolic OH excluding ortho intramolecular Hbond substituents is 2. The number of amides is 1. The summed E-state index contributed by atoms with van der Waals surface area (Å²) < 4.78 is 5.78. The monoisotopic (exact) mass is 460 g/mol. The van der Waals surface area contributed by atoms with Gasteiger partial charge in [0.05, 0.1) is 5.56 Å². The number of benzene rings is 1. The van der Waals surface area contributed by atoms with Crippen LogP contribution in [0, 0.1) is 5.92 Å². The number of piperidine rings is 1. The molecule has 1 aliphatic carbocycles. The van der Waals surface area contributed by atoms with E-state index in [2.05, 4.69) is 19.2 Å². The van der Waals surface area contributed by atoms with E-state index in [0.717, 1.165) is 38.5 Å². The van der Waals surface area contributed by atoms with Crippen molar-refractivity contribution in [1.29, 1.82) is 0 Å². The fraction of sp³-hybridized carbons (Fsp3) is 0.692. The van der Waals surface area contributed by atoms with Crippen LogP contribution >= 0.6 is 0 Å². The molecule has 3 N–H and O–H groups in total. The number of carbonyl (C=O) groups is 2. The molecule has 1 aliphatic heterocycles. The molecule has 0 bridgehead atoms. The van der Waals surface area contributed by atoms with Crippen LogP contribution < -0.4 is 5.32 Å². The van der Waals surface area contributed by atoms with Gasteiger partial charge in [0.1, 0.15) is 23.6 Å². The third kappa shape index (κ3) is 6.62. The molecule has 2 aliphatic rings. The van der Waals surface area contributed by atoms with Crippen molar-refractivity contribution in [2.24, 2.45) is 5.92 Å². The maximum absolute atomic E-state index is 13.2. The summed E-state index contributed by atoms with van der Waals surface area (Å²) in [5.41, 5.74) is 0.839. The number of carbonyl (C=O) groups excluding carboxylic acids is 2. The zero-order chi connectivity index (χ0) is 24.1. The number of phenols is 2. The fourth-order valence-electron chi connectivity index (χ4n) is 4.94. The van der Waals surface area contributed by atoms with E-state index >= 15 is 0 Å². The van der Waals surface area contributed by atoms with Gasteiger partial charge >= 0.3 is 5.97 Å². The Hall–Kier alpha value is -2.28. The van der Waals surface area contributed by atoms with Crippen molar-refractivity contribution in [3.05, 3.63) is 23.3 Å². The van der Waals surface area contributed by atoms with Crippen molar-refractivity contribution in [3.63, 3.8) is 0 Å². The second kappa shape index (κ2) is 11.2. The number of nitrogens with one attached hydrogen (secondary N) is 1. The van der Waals surface area contributed by atoms with Gasteiger partial charge in [0.15, 0.2) is 0 Å². The van der Waals surface area contributed by atoms with Crippen molar-refractivity contribution in [1.82, 2.24) is 10.2 Å². The highest BCUT2D eigenvalue weighted by Crippen LogP contribution is 2.33. The molecular formula is C26H40N2O5. The lowest BCUT2D eigenvalue weighted by molar-refractivity contribution is -0.152. The van der Waals surface area contributed by atoms with E-state index in [4.69, 9.17) is 4.74 Å². The van der Waals surface area contributed by atoms with Gasteiger partial charge in [-0.2, -0.15) is 0 Å². The van der Waals surface area contributed by atoms with E-state index in [9.17, 15) is 19.8 Å². The molecule has 3 rings (SSSR count). The fourth-order valence-corrected chi connectivity index (χ4v) is 4.94. The molecule has 1 unspecified atom stereocenters. The Balaban J connectivity index is 1.68. The third-order valence-corrected chi connectivity index (χ3v) is 6.72. The summed E-state index contributed by atoms with van der Waals surface area (Å²) in [6.07, 6.45) is 6.52. The van der Waals surface area contributed by atoms with Gasteiger partial charge in [-0.25, -0.2) is 0 Å². The molecule has 1 saturated heterocycles. The van der Waals surface area contributed by atoms with Crippen LogP contribution in [0.15, 0.2) is 12.1 Å². The largest absolute Gasteiger partial charge is 0.508 e. The minimum Gasteiger partial charge on any atom is -0.508 e. The highest BCUT2D eigenvalue weighted by molar-refractivity contribution is 5.97. The number of hydrogen-bond donors (Lipinski definition) is 3. The zero-order valence-corrected chi connectivity index (χ0v) is 20.5. The Morgan fingerprint density at radius 3 is 2.39 bits per heavy atom. The first kappa shape index (κ1) is 25.3. The number of esters is 1. The summed E-state index contributed by atoms with van der Waals surface area (Å²) in [6, 6.07) is 2.43. The lowest BCUT2D eigenvalue weighted by atomic mass is 9.97. The Morgan fingerprint density at radius 2 is 1.76 bits per heavy atom. The second-order valence-electron chi connectivity index (χ2n) is 10.4. The zero-order valence-electron chi connectivity index (χ0n) is 20.5. The van der Waals surface area contributed by atoms with Crippen LogP contribution in [-0.4, -0.2) is 58.3 Å². The topological polar surface area (TPSA) is 99.1 Å². The van der Waals surface area contributed by atoms with Gasteiger partial charge in [-0.05, 0) is 68.4 Å². The summed E-state index contributed by atoms with van der Waals surface area (Å²) >= 11 is 0. The van der Waals surface area contributed by atoms with Crippen LogP contribution in [0.4, 0.5) is 0 Å². The molecule has 1 aromatic carbocycles. The van der Waals surface area contributed by atoms with Gasteiger partial charge in [-0.1, -0.05) is 27.7 Å². The second-order valence-corrected chi connectivity index (χ2v) is 10.4. The molecule has 2 atom stereocenters. The van der Waals surface area contributed by atoms with Crippen molar-refractivity contribution in [2.75, 3.05) is 13.1 Å². The van der Waals surface area contributed by atoms with Crippen molar-refractivity contribution in [3.8, 4) is 11.5 Å². The number of likely N-dealkylation sites (tertiary alicyclic amines) is 1. The predicted octanol–water partition coefficient (Wildman–Crippen LogP) is 4.32. The van der Waals surface area contributed by atoms with Gasteiger partial charge in [-0.15, -0.1) is 0 Å². The number of ether oxygens (including phenoxy) is 1. The summed E-state index contributed by atoms with van der Waals surface area (Å²) in [4.78, 5) is 27.9. The Morgan fingerprint density at radius 1 is 1.06 bits per heavy atom. The van der Waals surface area contributed by atoms with Crippen molar-refractivity contribution in [2.45, 2.75) is 96.7 Å². The number of aromatic hydroxyl groups is 2. The molecule has 7 nitrogen and oxygen atoms in total. The Bertz CT molecular complexity index is 832. The lowest BCUT2D eigenvalue weighted by Crippen LogP contribution is -2.53. The molecular weight excluding hydrogens is 420 g/mol. The van der Waals surface area contributed by atoms with Crippen LogP contribution in [0.1, 0.15) is 94.5 Å². The maximum atomic E-state index is 13.2. The van der Waals surface area contributed by atoms with Gasteiger partial charge < -0.3 is 19.8 Å². The summed E-state index contributed by atoms with van der Waals surface area (Å²) in [5.74, 6) is -0.296. The first-order valence-corrected chi connectivity index (χ1v) is 12.5. The first-order chi connectivity index (χ1) is 15.7. The lowest BCUT2D eigenvalue weighted by Gasteiger charge is -2.35. The van der Waals surface area contributed by atoms with E-state index in [1.54, 1.807) is 11.0 Å². The summed E-state index contributed by atoms with van der Waals surface area (Å²) in [7, 11) is 0. The SMILES string of the molecule is CC(C)C[C@H](NC1CCCN(C(=O)c2cc(C(C)C)c(O)cc2O)C1)C(=O)OC1CCCC1. The van der Waals surface area contributed by atoms with Gasteiger partial charge in [0, 0.05) is 25.2 Å². The van der Waals surface area contributed by atoms with E-state index in [-0.39, 0.29) is 53.0 Å². The van der Waals surface area contributed by atoms with E-state index in [1.165, 1.54) is 6.07 Å². The van der Waals surface area contributed by atoms with E-state index in [1.807, 2.05) is 13.8 Å². The third-order valence-electron chi connectivity index (χ3n) is 6.72. The smallest absolute Gasteiger partial charge is 0.323 e. The average Bonchev–Trinajstić information content (AvgIpc) is 3.25. The summed E-state index contributed by atoms with van der Waals surface area (Å²) in [6.45, 7) is 9.10.